The highest BCUT2D eigenvalue weighted by Crippen LogP contribution is 2.27. The average molecular weight is 233 g/mol. The molecular weight excluding hydrogens is 220 g/mol. The van der Waals surface area contributed by atoms with E-state index in [1.165, 1.54) is 17.7 Å². The fraction of sp³-hybridized carbons (Fsp3) is 0.357. The minimum absolute atomic E-state index is 0.553. The first-order valence-electron chi connectivity index (χ1n) is 5.91. The molecule has 2 aromatic rings. The Labute approximate surface area is 98.5 Å². The molecule has 0 saturated heterocycles. The van der Waals surface area contributed by atoms with Crippen LogP contribution in [0.25, 0.3) is 10.9 Å². The van der Waals surface area contributed by atoms with Gasteiger partial charge in [0.15, 0.2) is 11.6 Å². The van der Waals surface area contributed by atoms with Crippen LogP contribution in [-0.2, 0) is 12.8 Å². The normalized spacial score (nSPS) is 19.4. The summed E-state index contributed by atoms with van der Waals surface area (Å²) in [5.41, 5.74) is 2.78. The van der Waals surface area contributed by atoms with E-state index in [4.69, 9.17) is 0 Å². The van der Waals surface area contributed by atoms with E-state index < -0.39 is 11.6 Å². The van der Waals surface area contributed by atoms with Crippen molar-refractivity contribution in [3.05, 3.63) is 41.1 Å². The maximum absolute atomic E-state index is 13.2. The second kappa shape index (κ2) is 3.76. The van der Waals surface area contributed by atoms with E-state index in [1.54, 1.807) is 0 Å². The summed E-state index contributed by atoms with van der Waals surface area (Å²) < 4.78 is 26.3. The molecule has 0 spiro atoms. The van der Waals surface area contributed by atoms with Gasteiger partial charge in [0, 0.05) is 17.1 Å². The lowest BCUT2D eigenvalue weighted by Crippen LogP contribution is -2.13. The van der Waals surface area contributed by atoms with E-state index in [0.717, 1.165) is 25.0 Å². The standard InChI is InChI=1S/C14H13F2N/c1-8-2-3-13-9(4-8)5-10-6-11(15)12(16)7-14(10)17-13/h5-8H,2-4H2,1H3. The molecule has 0 aliphatic heterocycles. The van der Waals surface area contributed by atoms with E-state index in [-0.39, 0.29) is 0 Å². The van der Waals surface area contributed by atoms with Crippen LogP contribution in [0.5, 0.6) is 0 Å². The molecule has 0 N–H and O–H groups in total. The van der Waals surface area contributed by atoms with Gasteiger partial charge in [0.25, 0.3) is 0 Å². The lowest BCUT2D eigenvalue weighted by molar-refractivity contribution is 0.494. The Balaban J connectivity index is 2.21. The molecule has 0 radical (unpaired) electrons. The smallest absolute Gasteiger partial charge is 0.161 e. The van der Waals surface area contributed by atoms with E-state index >= 15 is 0 Å². The molecule has 1 aromatic heterocycles. The molecule has 1 heterocycles. The van der Waals surface area contributed by atoms with E-state index in [1.807, 2.05) is 6.07 Å². The minimum Gasteiger partial charge on any atom is -0.252 e. The van der Waals surface area contributed by atoms with Crippen LogP contribution in [0.3, 0.4) is 0 Å². The monoisotopic (exact) mass is 233 g/mol. The number of nitrogens with zero attached hydrogens (tertiary/aromatic N) is 1. The molecular formula is C14H13F2N. The molecule has 1 aliphatic rings. The van der Waals surface area contributed by atoms with E-state index in [9.17, 15) is 8.78 Å². The first kappa shape index (κ1) is 10.6. The summed E-state index contributed by atoms with van der Waals surface area (Å²) in [5.74, 6) is -0.982. The van der Waals surface area contributed by atoms with Gasteiger partial charge in [-0.15, -0.1) is 0 Å². The summed E-state index contributed by atoms with van der Waals surface area (Å²) >= 11 is 0. The SMILES string of the molecule is CC1CCc2nc3cc(F)c(F)cc3cc2C1. The first-order chi connectivity index (χ1) is 8.13. The van der Waals surface area contributed by atoms with Gasteiger partial charge in [-0.25, -0.2) is 8.78 Å². The molecule has 1 aromatic carbocycles. The van der Waals surface area contributed by atoms with Gasteiger partial charge >= 0.3 is 0 Å². The van der Waals surface area contributed by atoms with Crippen molar-refractivity contribution < 1.29 is 8.78 Å². The highest BCUT2D eigenvalue weighted by atomic mass is 19.2. The Morgan fingerprint density at radius 3 is 2.76 bits per heavy atom. The minimum atomic E-state index is -0.825. The predicted octanol–water partition coefficient (Wildman–Crippen LogP) is 3.64. The van der Waals surface area contributed by atoms with E-state index in [0.29, 0.717) is 16.8 Å². The van der Waals surface area contributed by atoms with Crippen molar-refractivity contribution in [3.63, 3.8) is 0 Å². The van der Waals surface area contributed by atoms with Gasteiger partial charge in [-0.3, -0.25) is 4.98 Å². The van der Waals surface area contributed by atoms with Gasteiger partial charge in [0.2, 0.25) is 0 Å². The Morgan fingerprint density at radius 1 is 1.18 bits per heavy atom. The van der Waals surface area contributed by atoms with Crippen LogP contribution >= 0.6 is 0 Å². The van der Waals surface area contributed by atoms with E-state index in [2.05, 4.69) is 11.9 Å². The number of hydrogen-bond acceptors (Lipinski definition) is 1. The molecule has 0 bridgehead atoms. The lowest BCUT2D eigenvalue weighted by atomic mass is 9.87. The zero-order valence-corrected chi connectivity index (χ0v) is 9.63. The van der Waals surface area contributed by atoms with Gasteiger partial charge in [-0.2, -0.15) is 0 Å². The summed E-state index contributed by atoms with van der Waals surface area (Å²) in [6.45, 7) is 2.21. The summed E-state index contributed by atoms with van der Waals surface area (Å²) in [5, 5.41) is 0.691. The fourth-order valence-electron chi connectivity index (χ4n) is 2.51. The Bertz CT molecular complexity index is 592. The van der Waals surface area contributed by atoms with Crippen molar-refractivity contribution in [1.82, 2.24) is 4.98 Å². The third-order valence-electron chi connectivity index (χ3n) is 3.47. The van der Waals surface area contributed by atoms with Crippen molar-refractivity contribution in [2.75, 3.05) is 0 Å². The Hall–Kier alpha value is -1.51. The second-order valence-electron chi connectivity index (χ2n) is 4.90. The summed E-state index contributed by atoms with van der Waals surface area (Å²) in [6, 6.07) is 4.37. The largest absolute Gasteiger partial charge is 0.252 e. The highest BCUT2D eigenvalue weighted by molar-refractivity contribution is 5.79. The first-order valence-corrected chi connectivity index (χ1v) is 5.91. The third kappa shape index (κ3) is 1.79. The molecule has 1 unspecified atom stereocenters. The Kier molecular flexibility index (Phi) is 2.35. The number of fused-ring (bicyclic) bond motifs is 2. The summed E-state index contributed by atoms with van der Waals surface area (Å²) in [7, 11) is 0. The number of rotatable bonds is 0. The molecule has 1 nitrogen and oxygen atoms in total. The van der Waals surface area contributed by atoms with Gasteiger partial charge < -0.3 is 0 Å². The van der Waals surface area contributed by atoms with Gasteiger partial charge in [-0.1, -0.05) is 6.92 Å². The molecule has 1 aliphatic carbocycles. The molecule has 0 amide bonds. The van der Waals surface area contributed by atoms with Crippen LogP contribution in [0.4, 0.5) is 8.78 Å². The summed E-state index contributed by atoms with van der Waals surface area (Å²) in [6.07, 6.45) is 3.04. The lowest BCUT2D eigenvalue weighted by Gasteiger charge is -2.21. The van der Waals surface area contributed by atoms with Crippen LogP contribution in [0.2, 0.25) is 0 Å². The molecule has 88 valence electrons. The maximum Gasteiger partial charge on any atom is 0.161 e. The van der Waals surface area contributed by atoms with Crippen LogP contribution < -0.4 is 0 Å². The zero-order valence-electron chi connectivity index (χ0n) is 9.63. The highest BCUT2D eigenvalue weighted by Gasteiger charge is 2.17. The topological polar surface area (TPSA) is 12.9 Å². The van der Waals surface area contributed by atoms with Crippen LogP contribution in [-0.4, -0.2) is 4.98 Å². The van der Waals surface area contributed by atoms with Crippen molar-refractivity contribution in [3.8, 4) is 0 Å². The van der Waals surface area contributed by atoms with Crippen molar-refractivity contribution in [2.45, 2.75) is 26.2 Å². The molecule has 17 heavy (non-hydrogen) atoms. The predicted molar refractivity (Wildman–Crippen MR) is 62.8 cm³/mol. The number of pyridine rings is 1. The summed E-state index contributed by atoms with van der Waals surface area (Å²) in [4.78, 5) is 4.45. The quantitative estimate of drug-likeness (QED) is 0.677. The number of hydrogen-bond donors (Lipinski definition) is 0. The van der Waals surface area contributed by atoms with Crippen LogP contribution in [0.15, 0.2) is 18.2 Å². The number of halogens is 2. The number of aromatic nitrogens is 1. The molecule has 1 atom stereocenters. The molecule has 0 fully saturated rings. The van der Waals surface area contributed by atoms with Gasteiger partial charge in [0.05, 0.1) is 5.52 Å². The van der Waals surface area contributed by atoms with Crippen LogP contribution in [0, 0.1) is 17.6 Å². The Morgan fingerprint density at radius 2 is 1.94 bits per heavy atom. The van der Waals surface area contributed by atoms with Crippen LogP contribution in [0.1, 0.15) is 24.6 Å². The maximum atomic E-state index is 13.2. The molecule has 0 saturated carbocycles. The van der Waals surface area contributed by atoms with Crippen molar-refractivity contribution >= 4 is 10.9 Å². The number of benzene rings is 1. The number of aryl methyl sites for hydroxylation is 1. The van der Waals surface area contributed by atoms with Gasteiger partial charge in [-0.05, 0) is 42.9 Å². The molecule has 3 rings (SSSR count). The zero-order chi connectivity index (χ0) is 12.0. The van der Waals surface area contributed by atoms with Crippen molar-refractivity contribution in [2.24, 2.45) is 5.92 Å². The third-order valence-corrected chi connectivity index (χ3v) is 3.47. The molecule has 3 heteroatoms. The fourth-order valence-corrected chi connectivity index (χ4v) is 2.51. The van der Waals surface area contributed by atoms with Crippen molar-refractivity contribution in [1.29, 1.82) is 0 Å². The second-order valence-corrected chi connectivity index (χ2v) is 4.90. The van der Waals surface area contributed by atoms with Gasteiger partial charge in [0.1, 0.15) is 0 Å². The average Bonchev–Trinajstić information content (AvgIpc) is 2.28.